The number of aryl methyl sites for hydroxylation is 1. The first-order valence-electron chi connectivity index (χ1n) is 13.3. The maximum atomic E-state index is 13.5. The van der Waals surface area contributed by atoms with E-state index >= 15 is 0 Å². The predicted octanol–water partition coefficient (Wildman–Crippen LogP) is 6.37. The van der Waals surface area contributed by atoms with Crippen LogP contribution in [0.5, 0.6) is 11.5 Å². The molecule has 0 saturated carbocycles. The number of halogens is 9. The maximum Gasteiger partial charge on any atom is 0.534 e. The minimum Gasteiger partial charge on any atom is -0.490 e. The summed E-state index contributed by atoms with van der Waals surface area (Å²) in [5.74, 6) is -1.70. The molecule has 0 amide bonds. The van der Waals surface area contributed by atoms with Crippen molar-refractivity contribution < 1.29 is 66.4 Å². The second-order valence-electron chi connectivity index (χ2n) is 9.63. The minimum absolute atomic E-state index is 0.0112. The topological polar surface area (TPSA) is 121 Å². The number of carbonyl (C=O) groups excluding carboxylic acids is 1. The van der Waals surface area contributed by atoms with Crippen molar-refractivity contribution in [1.82, 2.24) is 15.0 Å². The minimum atomic E-state index is -6.20. The Morgan fingerprint density at radius 2 is 1.49 bits per heavy atom. The molecule has 2 aromatic heterocycles. The number of rotatable bonds is 13. The first-order chi connectivity index (χ1) is 21.7. The number of esters is 1. The summed E-state index contributed by atoms with van der Waals surface area (Å²) in [7, 11) is -6.20. The quantitative estimate of drug-likeness (QED) is 0.0652. The van der Waals surface area contributed by atoms with Crippen LogP contribution < -0.4 is 13.8 Å². The van der Waals surface area contributed by atoms with Gasteiger partial charge in [-0.05, 0) is 56.2 Å². The molecule has 0 atom stereocenters. The molecule has 0 radical (unpaired) electrons. The summed E-state index contributed by atoms with van der Waals surface area (Å²) >= 11 is 0. The molecule has 0 bridgehead atoms. The number of nitrogens with zero attached hydrogens (tertiary/aromatic N) is 4. The average Bonchev–Trinajstić information content (AvgIpc) is 2.95. The highest BCUT2D eigenvalue weighted by molar-refractivity contribution is 7.88. The van der Waals surface area contributed by atoms with Crippen LogP contribution in [0.2, 0.25) is 0 Å². The summed E-state index contributed by atoms with van der Waals surface area (Å²) in [5, 5.41) is 0. The number of anilines is 1. The normalized spacial score (nSPS) is 12.5. The molecule has 0 aliphatic rings. The van der Waals surface area contributed by atoms with Gasteiger partial charge in [0, 0.05) is 18.7 Å². The first-order valence-corrected chi connectivity index (χ1v) is 14.7. The first kappa shape index (κ1) is 37.1. The second kappa shape index (κ2) is 14.6. The van der Waals surface area contributed by atoms with E-state index in [1.54, 1.807) is 6.92 Å². The van der Waals surface area contributed by atoms with Gasteiger partial charge >= 0.3 is 33.9 Å². The molecular weight excluding hydrogens is 679 g/mol. The van der Waals surface area contributed by atoms with Crippen molar-refractivity contribution in [3.05, 3.63) is 70.8 Å². The number of aromatic nitrogens is 3. The highest BCUT2D eigenvalue weighted by atomic mass is 32.2. The van der Waals surface area contributed by atoms with Gasteiger partial charge in [0.15, 0.2) is 11.5 Å². The van der Waals surface area contributed by atoms with Crippen LogP contribution >= 0.6 is 0 Å². The summed E-state index contributed by atoms with van der Waals surface area (Å²) in [6.07, 6.45) is -7.92. The van der Waals surface area contributed by atoms with Crippen molar-refractivity contribution in [2.75, 3.05) is 18.1 Å². The molecule has 3 rings (SSSR count). The van der Waals surface area contributed by atoms with Gasteiger partial charge in [0.25, 0.3) is 0 Å². The van der Waals surface area contributed by atoms with Gasteiger partial charge in [-0.2, -0.15) is 47.9 Å². The van der Waals surface area contributed by atoms with Crippen molar-refractivity contribution in [1.29, 1.82) is 0 Å². The highest BCUT2D eigenvalue weighted by Crippen LogP contribution is 2.37. The fourth-order valence-corrected chi connectivity index (χ4v) is 4.33. The van der Waals surface area contributed by atoms with E-state index in [-0.39, 0.29) is 49.5 Å². The molecule has 0 saturated heterocycles. The molecular formula is C27H25F9N4O6S. The Morgan fingerprint density at radius 1 is 0.894 bits per heavy atom. The third-order valence-electron chi connectivity index (χ3n) is 5.91. The lowest BCUT2D eigenvalue weighted by molar-refractivity contribution is -0.144. The number of ether oxygens (including phenoxy) is 2. The fraction of sp³-hybridized carbons (Fsp3) is 0.407. The van der Waals surface area contributed by atoms with Gasteiger partial charge in [-0.15, -0.1) is 0 Å². The van der Waals surface area contributed by atoms with Crippen LogP contribution in [0.15, 0.2) is 42.7 Å². The molecule has 10 nitrogen and oxygen atoms in total. The van der Waals surface area contributed by atoms with Crippen molar-refractivity contribution >= 4 is 22.0 Å². The van der Waals surface area contributed by atoms with Gasteiger partial charge in [-0.3, -0.25) is 9.78 Å². The Labute approximate surface area is 261 Å². The molecule has 0 fully saturated rings. The van der Waals surface area contributed by atoms with E-state index in [0.717, 1.165) is 29.4 Å². The molecule has 3 aromatic rings. The van der Waals surface area contributed by atoms with E-state index in [9.17, 15) is 52.7 Å². The van der Waals surface area contributed by atoms with Gasteiger partial charge < -0.3 is 18.6 Å². The monoisotopic (exact) mass is 704 g/mol. The lowest BCUT2D eigenvalue weighted by atomic mass is 10.0. The van der Waals surface area contributed by atoms with E-state index in [1.165, 1.54) is 6.92 Å². The van der Waals surface area contributed by atoms with Gasteiger partial charge in [0.05, 0.1) is 43.3 Å². The third kappa shape index (κ3) is 10.6. The number of hydrogen-bond acceptors (Lipinski definition) is 10. The van der Waals surface area contributed by atoms with Crippen LogP contribution in [0.4, 0.5) is 45.5 Å². The molecule has 0 N–H and O–H groups in total. The summed E-state index contributed by atoms with van der Waals surface area (Å²) in [5.41, 5.74) is -10.0. The molecule has 0 aliphatic heterocycles. The number of carbonyl (C=O) groups is 1. The van der Waals surface area contributed by atoms with E-state index < -0.39 is 75.2 Å². The van der Waals surface area contributed by atoms with Crippen LogP contribution in [0.3, 0.4) is 0 Å². The van der Waals surface area contributed by atoms with Gasteiger partial charge in [0.2, 0.25) is 5.95 Å². The molecule has 258 valence electrons. The van der Waals surface area contributed by atoms with Crippen molar-refractivity contribution in [3.63, 3.8) is 0 Å². The lowest BCUT2D eigenvalue weighted by Crippen LogP contribution is -2.30. The SMILES string of the molecule is CCOC(=O)CCCOc1cnc(N(Cc2cc(C(F)(F)F)cc(C(F)(F)F)c2)Cc2nc(C)ccc2OS(=O)(=O)C(F)(F)F)nc1. The van der Waals surface area contributed by atoms with Crippen LogP contribution in [-0.4, -0.2) is 48.1 Å². The number of pyridine rings is 1. The Balaban J connectivity index is 2.02. The Kier molecular flexibility index (Phi) is 11.5. The van der Waals surface area contributed by atoms with E-state index in [2.05, 4.69) is 19.1 Å². The van der Waals surface area contributed by atoms with Crippen LogP contribution in [0.25, 0.3) is 0 Å². The zero-order chi connectivity index (χ0) is 35.2. The Morgan fingerprint density at radius 3 is 2.02 bits per heavy atom. The molecule has 0 spiro atoms. The van der Waals surface area contributed by atoms with Crippen molar-refractivity contribution in [3.8, 4) is 11.5 Å². The van der Waals surface area contributed by atoms with E-state index in [4.69, 9.17) is 9.47 Å². The van der Waals surface area contributed by atoms with E-state index in [1.807, 2.05) is 0 Å². The van der Waals surface area contributed by atoms with E-state index in [0.29, 0.717) is 12.1 Å². The van der Waals surface area contributed by atoms with Gasteiger partial charge in [0.1, 0.15) is 5.69 Å². The summed E-state index contributed by atoms with van der Waals surface area (Å²) in [4.78, 5) is 24.4. The summed E-state index contributed by atoms with van der Waals surface area (Å²) < 4.78 is 158. The molecule has 47 heavy (non-hydrogen) atoms. The predicted molar refractivity (Wildman–Crippen MR) is 144 cm³/mol. The Hall–Kier alpha value is -4.36. The molecule has 1 aromatic carbocycles. The molecule has 0 unspecified atom stereocenters. The summed E-state index contributed by atoms with van der Waals surface area (Å²) in [6, 6.07) is 2.73. The average molecular weight is 705 g/mol. The van der Waals surface area contributed by atoms with Crippen LogP contribution in [-0.2, 0) is 45.1 Å². The highest BCUT2D eigenvalue weighted by Gasteiger charge is 2.49. The van der Waals surface area contributed by atoms with Crippen molar-refractivity contribution in [2.24, 2.45) is 0 Å². The number of benzene rings is 1. The molecule has 20 heteroatoms. The van der Waals surface area contributed by atoms with Gasteiger partial charge in [-0.1, -0.05) is 0 Å². The zero-order valence-electron chi connectivity index (χ0n) is 24.3. The van der Waals surface area contributed by atoms with Crippen molar-refractivity contribution in [2.45, 2.75) is 57.6 Å². The van der Waals surface area contributed by atoms with Crippen LogP contribution in [0, 0.1) is 6.92 Å². The van der Waals surface area contributed by atoms with Crippen LogP contribution in [0.1, 0.15) is 47.8 Å². The zero-order valence-corrected chi connectivity index (χ0v) is 25.1. The fourth-order valence-electron chi connectivity index (χ4n) is 3.85. The second-order valence-corrected chi connectivity index (χ2v) is 11.2. The standard InChI is InChI=1S/C27H25F9N4O6S/c1-3-44-23(41)5-4-8-45-20-12-37-24(38-13-20)40(14-17-9-18(25(28,29)30)11-19(10-17)26(31,32)33)15-21-22(7-6-16(2)39-21)46-47(42,43)27(34,35)36/h6-7,9-13H,3-5,8,14-15H2,1-2H3. The lowest BCUT2D eigenvalue weighted by Gasteiger charge is -2.25. The number of alkyl halides is 9. The third-order valence-corrected chi connectivity index (χ3v) is 6.88. The Bertz CT molecular complexity index is 1620. The summed E-state index contributed by atoms with van der Waals surface area (Å²) in [6.45, 7) is 1.66. The smallest absolute Gasteiger partial charge is 0.490 e. The largest absolute Gasteiger partial charge is 0.534 e. The maximum absolute atomic E-state index is 13.5. The van der Waals surface area contributed by atoms with Gasteiger partial charge in [-0.25, -0.2) is 9.97 Å². The molecule has 2 heterocycles. The number of hydrogen-bond donors (Lipinski definition) is 0. The molecule has 0 aliphatic carbocycles.